The van der Waals surface area contributed by atoms with Crippen molar-refractivity contribution < 1.29 is 23.1 Å². The second-order valence-electron chi connectivity index (χ2n) is 7.62. The normalized spacial score (nSPS) is 14.5. The number of amides is 2. The summed E-state index contributed by atoms with van der Waals surface area (Å²) in [5, 5.41) is 0. The molecule has 2 aromatic rings. The van der Waals surface area contributed by atoms with Crippen molar-refractivity contribution in [2.24, 2.45) is 5.92 Å². The van der Waals surface area contributed by atoms with Gasteiger partial charge in [0.25, 0.3) is 5.91 Å². The number of piperidine rings is 1. The number of likely N-dealkylation sites (tertiary alicyclic amines) is 1. The monoisotopic (exact) mass is 416 g/mol. The van der Waals surface area contributed by atoms with Crippen LogP contribution in [0.15, 0.2) is 42.5 Å². The fourth-order valence-corrected chi connectivity index (χ4v) is 3.59. The van der Waals surface area contributed by atoms with Gasteiger partial charge in [0, 0.05) is 32.1 Å². The molecule has 0 atom stereocenters. The van der Waals surface area contributed by atoms with Crippen molar-refractivity contribution in [2.45, 2.75) is 19.8 Å². The molecule has 2 amide bonds. The van der Waals surface area contributed by atoms with Crippen molar-refractivity contribution in [1.29, 1.82) is 0 Å². The van der Waals surface area contributed by atoms with Gasteiger partial charge in [-0.15, -0.1) is 0 Å². The van der Waals surface area contributed by atoms with Crippen molar-refractivity contribution >= 4 is 11.8 Å². The van der Waals surface area contributed by atoms with E-state index in [9.17, 15) is 18.4 Å². The highest BCUT2D eigenvalue weighted by Gasteiger charge is 2.30. The van der Waals surface area contributed by atoms with E-state index in [1.807, 2.05) is 31.2 Å². The van der Waals surface area contributed by atoms with Crippen molar-refractivity contribution in [3.8, 4) is 5.75 Å². The third-order valence-electron chi connectivity index (χ3n) is 5.35. The quantitative estimate of drug-likeness (QED) is 0.722. The molecule has 0 unspecified atom stereocenters. The zero-order valence-corrected chi connectivity index (χ0v) is 17.2. The summed E-state index contributed by atoms with van der Waals surface area (Å²) in [6, 6.07) is 10.7. The Bertz CT molecular complexity index is 911. The Balaban J connectivity index is 1.46. The minimum Gasteiger partial charge on any atom is -0.492 e. The molecule has 0 bridgehead atoms. The zero-order chi connectivity index (χ0) is 21.7. The van der Waals surface area contributed by atoms with Crippen LogP contribution in [0, 0.1) is 24.5 Å². The summed E-state index contributed by atoms with van der Waals surface area (Å²) in [7, 11) is 1.74. The molecule has 0 aliphatic carbocycles. The number of ether oxygens (including phenoxy) is 1. The number of nitrogens with zero attached hydrogens (tertiary/aromatic N) is 2. The van der Waals surface area contributed by atoms with Crippen LogP contribution in [0.5, 0.6) is 5.75 Å². The standard InChI is InChI=1S/C23H26F2N2O3/c1-16-4-3-5-19(14-16)30-13-12-26(2)22(28)17-8-10-27(11-9-17)23(29)20-7-6-18(24)15-21(20)25/h3-7,14-15,17H,8-13H2,1-2H3. The van der Waals surface area contributed by atoms with Gasteiger partial charge < -0.3 is 14.5 Å². The van der Waals surface area contributed by atoms with Crippen LogP contribution < -0.4 is 4.74 Å². The van der Waals surface area contributed by atoms with Gasteiger partial charge in [0.05, 0.1) is 12.1 Å². The van der Waals surface area contributed by atoms with E-state index in [2.05, 4.69) is 0 Å². The highest BCUT2D eigenvalue weighted by molar-refractivity contribution is 5.94. The summed E-state index contributed by atoms with van der Waals surface area (Å²) in [5.41, 5.74) is 0.963. The van der Waals surface area contributed by atoms with Crippen LogP contribution in [0.25, 0.3) is 0 Å². The number of benzene rings is 2. The maximum Gasteiger partial charge on any atom is 0.256 e. The van der Waals surface area contributed by atoms with Crippen LogP contribution in [0.2, 0.25) is 0 Å². The molecule has 2 aromatic carbocycles. The summed E-state index contributed by atoms with van der Waals surface area (Å²) in [6.45, 7) is 3.57. The lowest BCUT2D eigenvalue weighted by atomic mass is 9.95. The topological polar surface area (TPSA) is 49.9 Å². The fraction of sp³-hybridized carbons (Fsp3) is 0.391. The van der Waals surface area contributed by atoms with E-state index < -0.39 is 17.5 Å². The van der Waals surface area contributed by atoms with Gasteiger partial charge in [0.1, 0.15) is 24.0 Å². The first-order chi connectivity index (χ1) is 14.3. The number of likely N-dealkylation sites (N-methyl/N-ethyl adjacent to an activating group) is 1. The van der Waals surface area contributed by atoms with E-state index in [0.717, 1.165) is 23.4 Å². The van der Waals surface area contributed by atoms with E-state index in [1.165, 1.54) is 4.90 Å². The molecule has 0 aromatic heterocycles. The number of carbonyl (C=O) groups is 2. The SMILES string of the molecule is Cc1cccc(OCCN(C)C(=O)C2CCN(C(=O)c3ccc(F)cc3F)CC2)c1. The number of rotatable bonds is 6. The molecule has 3 rings (SSSR count). The molecule has 1 aliphatic rings. The van der Waals surface area contributed by atoms with Crippen molar-refractivity contribution in [3.05, 3.63) is 65.2 Å². The summed E-state index contributed by atoms with van der Waals surface area (Å²) < 4.78 is 32.6. The number of hydrogen-bond acceptors (Lipinski definition) is 3. The van der Waals surface area contributed by atoms with E-state index in [0.29, 0.717) is 45.1 Å². The molecule has 160 valence electrons. The number of halogens is 2. The summed E-state index contributed by atoms with van der Waals surface area (Å²) >= 11 is 0. The summed E-state index contributed by atoms with van der Waals surface area (Å²) in [6.07, 6.45) is 1.02. The molecule has 7 heteroatoms. The number of carbonyl (C=O) groups excluding carboxylic acids is 2. The molecule has 5 nitrogen and oxygen atoms in total. The largest absolute Gasteiger partial charge is 0.492 e. The second kappa shape index (κ2) is 9.69. The molecule has 1 saturated heterocycles. The van der Waals surface area contributed by atoms with Crippen LogP contribution in [0.4, 0.5) is 8.78 Å². The van der Waals surface area contributed by atoms with E-state index in [1.54, 1.807) is 11.9 Å². The lowest BCUT2D eigenvalue weighted by Gasteiger charge is -2.33. The van der Waals surface area contributed by atoms with Gasteiger partial charge in [0.15, 0.2) is 0 Å². The Morgan fingerprint density at radius 1 is 1.13 bits per heavy atom. The second-order valence-corrected chi connectivity index (χ2v) is 7.62. The van der Waals surface area contributed by atoms with E-state index in [-0.39, 0.29) is 17.4 Å². The van der Waals surface area contributed by atoms with Gasteiger partial charge in [0.2, 0.25) is 5.91 Å². The minimum absolute atomic E-state index is 0.0166. The predicted octanol–water partition coefficient (Wildman–Crippen LogP) is 3.66. The van der Waals surface area contributed by atoms with Gasteiger partial charge in [-0.2, -0.15) is 0 Å². The van der Waals surface area contributed by atoms with Gasteiger partial charge >= 0.3 is 0 Å². The number of aryl methyl sites for hydroxylation is 1. The van der Waals surface area contributed by atoms with Gasteiger partial charge in [-0.1, -0.05) is 12.1 Å². The first-order valence-corrected chi connectivity index (χ1v) is 10.0. The van der Waals surface area contributed by atoms with Gasteiger partial charge in [-0.3, -0.25) is 9.59 Å². The smallest absolute Gasteiger partial charge is 0.256 e. The first-order valence-electron chi connectivity index (χ1n) is 10.0. The fourth-order valence-electron chi connectivity index (χ4n) is 3.59. The molecule has 0 saturated carbocycles. The first kappa shape index (κ1) is 21.7. The third-order valence-corrected chi connectivity index (χ3v) is 5.35. The zero-order valence-electron chi connectivity index (χ0n) is 17.2. The predicted molar refractivity (Wildman–Crippen MR) is 109 cm³/mol. The Morgan fingerprint density at radius 2 is 1.87 bits per heavy atom. The van der Waals surface area contributed by atoms with Crippen LogP contribution in [-0.4, -0.2) is 54.9 Å². The molecule has 0 N–H and O–H groups in total. The van der Waals surface area contributed by atoms with Gasteiger partial charge in [-0.25, -0.2) is 8.78 Å². The summed E-state index contributed by atoms with van der Waals surface area (Å²) in [4.78, 5) is 28.4. The number of hydrogen-bond donors (Lipinski definition) is 0. The maximum absolute atomic E-state index is 13.9. The van der Waals surface area contributed by atoms with Crippen molar-refractivity contribution in [3.63, 3.8) is 0 Å². The maximum atomic E-state index is 13.9. The molecular weight excluding hydrogens is 390 g/mol. The minimum atomic E-state index is -0.869. The van der Waals surface area contributed by atoms with Gasteiger partial charge in [-0.05, 0) is 49.6 Å². The van der Waals surface area contributed by atoms with Crippen molar-refractivity contribution in [1.82, 2.24) is 9.80 Å². The average molecular weight is 416 g/mol. The third kappa shape index (κ3) is 5.34. The molecule has 0 spiro atoms. The van der Waals surface area contributed by atoms with Crippen LogP contribution >= 0.6 is 0 Å². The van der Waals surface area contributed by atoms with Crippen LogP contribution in [-0.2, 0) is 4.79 Å². The molecule has 1 heterocycles. The molecule has 0 radical (unpaired) electrons. The average Bonchev–Trinajstić information content (AvgIpc) is 2.73. The molecule has 1 aliphatic heterocycles. The molecular formula is C23H26F2N2O3. The lowest BCUT2D eigenvalue weighted by molar-refractivity contribution is -0.135. The van der Waals surface area contributed by atoms with Crippen LogP contribution in [0.3, 0.4) is 0 Å². The van der Waals surface area contributed by atoms with E-state index in [4.69, 9.17) is 4.74 Å². The molecule has 30 heavy (non-hydrogen) atoms. The highest BCUT2D eigenvalue weighted by atomic mass is 19.1. The van der Waals surface area contributed by atoms with E-state index >= 15 is 0 Å². The molecule has 1 fully saturated rings. The Labute approximate surface area is 175 Å². The lowest BCUT2D eigenvalue weighted by Crippen LogP contribution is -2.44. The van der Waals surface area contributed by atoms with Crippen molar-refractivity contribution in [2.75, 3.05) is 33.3 Å². The van der Waals surface area contributed by atoms with Crippen LogP contribution in [0.1, 0.15) is 28.8 Å². The Hall–Kier alpha value is -2.96. The highest BCUT2D eigenvalue weighted by Crippen LogP contribution is 2.22. The summed E-state index contributed by atoms with van der Waals surface area (Å²) in [5.74, 6) is -1.46. The Morgan fingerprint density at radius 3 is 2.53 bits per heavy atom. The Kier molecular flexibility index (Phi) is 7.03.